The summed E-state index contributed by atoms with van der Waals surface area (Å²) in [5.74, 6) is 0. The number of benzene rings is 1. The largest absolute Gasteiger partial charge is 0.369 e. The number of carbonyl (C=O) groups excluding carboxylic acids is 1. The van der Waals surface area contributed by atoms with Crippen LogP contribution in [0.1, 0.15) is 24.3 Å². The number of aromatic nitrogens is 2. The molecule has 1 aliphatic rings. The second kappa shape index (κ2) is 11.8. The number of ether oxygens (including phenoxy) is 2. The van der Waals surface area contributed by atoms with Gasteiger partial charge >= 0.3 is 5.69 Å². The maximum Gasteiger partial charge on any atom is 0.330 e. The van der Waals surface area contributed by atoms with Crippen molar-refractivity contribution in [3.8, 4) is 0 Å². The third-order valence-corrected chi connectivity index (χ3v) is 7.66. The van der Waals surface area contributed by atoms with Gasteiger partial charge < -0.3 is 9.47 Å². The molecule has 3 atom stereocenters. The van der Waals surface area contributed by atoms with Gasteiger partial charge in [0.1, 0.15) is 24.9 Å². The monoisotopic (exact) mass is 592 g/mol. The first-order valence-corrected chi connectivity index (χ1v) is 15.6. The van der Waals surface area contributed by atoms with Crippen LogP contribution in [0.5, 0.6) is 0 Å². The number of hydrogen-bond donors (Lipinski definition) is 1. The van der Waals surface area contributed by atoms with Crippen LogP contribution in [-0.4, -0.2) is 74.2 Å². The van der Waals surface area contributed by atoms with E-state index >= 15 is 0 Å². The highest BCUT2D eigenvalue weighted by Crippen LogP contribution is 2.46. The lowest BCUT2D eigenvalue weighted by molar-refractivity contribution is -0.154. The second-order valence-corrected chi connectivity index (χ2v) is 13.4. The number of carbonyl (C=O) groups is 1. The quantitative estimate of drug-likeness (QED) is 0.354. The summed E-state index contributed by atoms with van der Waals surface area (Å²) < 4.78 is 71.2. The number of rotatable bonds is 11. The fraction of sp³-hybridized carbons (Fsp3) is 0.500. The molecular weight excluding hydrogens is 564 g/mol. The van der Waals surface area contributed by atoms with Crippen LogP contribution in [0.15, 0.2) is 46.1 Å². The molecular formula is C22H28N2O11S3. The summed E-state index contributed by atoms with van der Waals surface area (Å²) in [5.41, 5.74) is -2.57. The van der Waals surface area contributed by atoms with Crippen LogP contribution in [-0.2, 0) is 49.5 Å². The van der Waals surface area contributed by atoms with E-state index in [-0.39, 0.29) is 12.2 Å². The van der Waals surface area contributed by atoms with E-state index in [1.165, 1.54) is 20.0 Å². The zero-order valence-electron chi connectivity index (χ0n) is 21.0. The summed E-state index contributed by atoms with van der Waals surface area (Å²) in [6.07, 6.45) is 0.256. The van der Waals surface area contributed by atoms with Crippen molar-refractivity contribution in [3.05, 3.63) is 68.5 Å². The molecule has 0 bridgehead atoms. The molecule has 0 amide bonds. The molecule has 0 spiro atoms. The standard InChI is InChI=1S/C22H28N2O11S3/c1-14-10-24(21(27)23-19(14)26)20-17(36-15(2)25)18(32-11-16-8-6-5-7-9-16)22(35-20,12-33-37(3,28)29)13-34-38(4,30)31/h5-10,17-18,20H,11-13H2,1-4H3,(H,23,26,27)/t17-,18+,20-/m1/s1. The molecule has 1 aliphatic heterocycles. The van der Waals surface area contributed by atoms with Gasteiger partial charge in [-0.3, -0.25) is 27.5 Å². The molecule has 1 fully saturated rings. The third kappa shape index (κ3) is 7.84. The number of aromatic amines is 1. The zero-order valence-corrected chi connectivity index (χ0v) is 23.4. The molecule has 210 valence electrons. The Morgan fingerprint density at radius 3 is 2.18 bits per heavy atom. The van der Waals surface area contributed by atoms with E-state index in [1.807, 2.05) is 0 Å². The Bertz CT molecular complexity index is 1450. The summed E-state index contributed by atoms with van der Waals surface area (Å²) in [4.78, 5) is 39.2. The molecule has 1 N–H and O–H groups in total. The first-order chi connectivity index (χ1) is 17.6. The summed E-state index contributed by atoms with van der Waals surface area (Å²) in [6, 6.07) is 8.85. The first kappa shape index (κ1) is 30.2. The lowest BCUT2D eigenvalue weighted by atomic mass is 9.98. The lowest BCUT2D eigenvalue weighted by Crippen LogP contribution is -2.52. The minimum absolute atomic E-state index is 0.0460. The molecule has 38 heavy (non-hydrogen) atoms. The van der Waals surface area contributed by atoms with Crippen molar-refractivity contribution >= 4 is 37.1 Å². The van der Waals surface area contributed by atoms with Crippen molar-refractivity contribution in [2.75, 3.05) is 25.7 Å². The highest BCUT2D eigenvalue weighted by Gasteiger charge is 2.59. The van der Waals surface area contributed by atoms with Crippen LogP contribution in [0.3, 0.4) is 0 Å². The van der Waals surface area contributed by atoms with Crippen LogP contribution in [0.4, 0.5) is 0 Å². The molecule has 2 aromatic rings. The maximum atomic E-state index is 12.8. The van der Waals surface area contributed by atoms with E-state index in [9.17, 15) is 31.2 Å². The molecule has 13 nitrogen and oxygen atoms in total. The topological polar surface area (TPSA) is 177 Å². The highest BCUT2D eigenvalue weighted by atomic mass is 32.2. The van der Waals surface area contributed by atoms with Crippen molar-refractivity contribution in [2.45, 2.75) is 43.6 Å². The lowest BCUT2D eigenvalue weighted by Gasteiger charge is -2.33. The van der Waals surface area contributed by atoms with E-state index in [1.54, 1.807) is 30.3 Å². The molecule has 1 aromatic heterocycles. The number of hydrogen-bond acceptors (Lipinski definition) is 12. The minimum atomic E-state index is -4.07. The van der Waals surface area contributed by atoms with Gasteiger partial charge in [0.15, 0.2) is 11.3 Å². The van der Waals surface area contributed by atoms with Gasteiger partial charge in [-0.05, 0) is 12.5 Å². The van der Waals surface area contributed by atoms with E-state index < -0.39 is 73.0 Å². The number of nitrogens with one attached hydrogen (secondary N) is 1. The van der Waals surface area contributed by atoms with Crippen molar-refractivity contribution in [1.29, 1.82) is 0 Å². The van der Waals surface area contributed by atoms with Gasteiger partial charge in [-0.2, -0.15) is 16.8 Å². The number of nitrogens with zero attached hydrogens (tertiary/aromatic N) is 1. The SMILES string of the molecule is CC(=O)S[C@H]1[C@H](n2cc(C)c(=O)[nH]c2=O)OC(COS(C)(=O)=O)(COS(C)(=O)=O)[C@H]1OCc1ccccc1. The summed E-state index contributed by atoms with van der Waals surface area (Å²) in [7, 11) is -8.14. The number of thioether (sulfide) groups is 1. The predicted octanol–water partition coefficient (Wildman–Crippen LogP) is 0.299. The molecule has 1 aromatic carbocycles. The smallest absolute Gasteiger partial charge is 0.330 e. The Labute approximate surface area is 223 Å². The van der Waals surface area contributed by atoms with Gasteiger partial charge in [0.05, 0.1) is 24.4 Å². The average molecular weight is 593 g/mol. The van der Waals surface area contributed by atoms with Crippen molar-refractivity contribution in [3.63, 3.8) is 0 Å². The molecule has 0 saturated carbocycles. The Morgan fingerprint density at radius 2 is 1.66 bits per heavy atom. The van der Waals surface area contributed by atoms with E-state index in [4.69, 9.17) is 17.8 Å². The third-order valence-electron chi connectivity index (χ3n) is 5.48. The Hall–Kier alpha value is -2.34. The Balaban J connectivity index is 2.18. The number of H-pyrrole nitrogens is 1. The van der Waals surface area contributed by atoms with Crippen LogP contribution >= 0.6 is 11.8 Å². The predicted molar refractivity (Wildman–Crippen MR) is 138 cm³/mol. The van der Waals surface area contributed by atoms with Gasteiger partial charge in [-0.1, -0.05) is 42.1 Å². The zero-order chi connectivity index (χ0) is 28.3. The van der Waals surface area contributed by atoms with E-state index in [2.05, 4.69) is 4.98 Å². The molecule has 2 heterocycles. The normalized spacial score (nSPS) is 21.4. The summed E-state index contributed by atoms with van der Waals surface area (Å²) in [5, 5.41) is -1.42. The Morgan fingerprint density at radius 1 is 1.08 bits per heavy atom. The fourth-order valence-electron chi connectivity index (χ4n) is 3.82. The number of aryl methyl sites for hydroxylation is 1. The second-order valence-electron chi connectivity index (χ2n) is 8.78. The fourth-order valence-corrected chi connectivity index (χ4v) is 5.78. The summed E-state index contributed by atoms with van der Waals surface area (Å²) in [6.45, 7) is 1.16. The molecule has 0 unspecified atom stereocenters. The van der Waals surface area contributed by atoms with Crippen LogP contribution in [0, 0.1) is 6.92 Å². The van der Waals surface area contributed by atoms with Crippen molar-refractivity contribution < 1.29 is 39.5 Å². The maximum absolute atomic E-state index is 12.8. The van der Waals surface area contributed by atoms with Crippen molar-refractivity contribution in [1.82, 2.24) is 9.55 Å². The van der Waals surface area contributed by atoms with Gasteiger partial charge in [0.25, 0.3) is 25.8 Å². The first-order valence-electron chi connectivity index (χ1n) is 11.1. The van der Waals surface area contributed by atoms with Crippen LogP contribution in [0.25, 0.3) is 0 Å². The van der Waals surface area contributed by atoms with E-state index in [0.717, 1.165) is 28.8 Å². The molecule has 1 saturated heterocycles. The van der Waals surface area contributed by atoms with Gasteiger partial charge in [0, 0.05) is 18.7 Å². The van der Waals surface area contributed by atoms with E-state index in [0.29, 0.717) is 5.56 Å². The average Bonchev–Trinajstić information content (AvgIpc) is 3.10. The van der Waals surface area contributed by atoms with Gasteiger partial charge in [0.2, 0.25) is 0 Å². The van der Waals surface area contributed by atoms with Gasteiger partial charge in [-0.15, -0.1) is 0 Å². The minimum Gasteiger partial charge on any atom is -0.369 e. The molecule has 0 aliphatic carbocycles. The van der Waals surface area contributed by atoms with Crippen LogP contribution < -0.4 is 11.2 Å². The Kier molecular flexibility index (Phi) is 9.39. The highest BCUT2D eigenvalue weighted by molar-refractivity contribution is 8.14. The molecule has 16 heteroatoms. The van der Waals surface area contributed by atoms with Crippen LogP contribution in [0.2, 0.25) is 0 Å². The summed E-state index contributed by atoms with van der Waals surface area (Å²) >= 11 is 0.745. The molecule has 0 radical (unpaired) electrons. The molecule has 3 rings (SSSR count). The van der Waals surface area contributed by atoms with Crippen molar-refractivity contribution in [2.24, 2.45) is 0 Å². The van der Waals surface area contributed by atoms with Gasteiger partial charge in [-0.25, -0.2) is 4.79 Å².